The van der Waals surface area contributed by atoms with Crippen LogP contribution in [0, 0.1) is 6.92 Å². The van der Waals surface area contributed by atoms with E-state index in [1.54, 1.807) is 0 Å². The fourth-order valence-corrected chi connectivity index (χ4v) is 3.07. The maximum absolute atomic E-state index is 6.14. The highest BCUT2D eigenvalue weighted by atomic mass is 35.5. The number of nitrogens with one attached hydrogen (secondary N) is 1. The van der Waals surface area contributed by atoms with Gasteiger partial charge in [-0.3, -0.25) is 9.25 Å². The molecule has 0 saturated heterocycles. The number of hydrogen-bond acceptors (Lipinski definition) is 3. The Morgan fingerprint density at radius 3 is 2.96 bits per heavy atom. The van der Waals surface area contributed by atoms with Gasteiger partial charge in [-0.15, -0.1) is 12.4 Å². The molecule has 1 N–H and O–H groups in total. The first kappa shape index (κ1) is 17.0. The Bertz CT molecular complexity index is 829. The van der Waals surface area contributed by atoms with Gasteiger partial charge in [-0.05, 0) is 49.7 Å². The summed E-state index contributed by atoms with van der Waals surface area (Å²) >= 11 is 6.14. The van der Waals surface area contributed by atoms with E-state index in [0.717, 1.165) is 53.8 Å². The van der Waals surface area contributed by atoms with Crippen molar-refractivity contribution >= 4 is 24.0 Å². The van der Waals surface area contributed by atoms with E-state index in [1.165, 1.54) is 5.69 Å². The van der Waals surface area contributed by atoms with Crippen LogP contribution in [0.4, 0.5) is 0 Å². The summed E-state index contributed by atoms with van der Waals surface area (Å²) < 4.78 is 4.14. The SMILES string of the molecule is Cc1cc(-n2ccnc2-c2cc3n(n2)CCCNC3)ccc1Cl.Cl. The molecule has 0 radical (unpaired) electrons. The minimum Gasteiger partial charge on any atom is -0.311 e. The van der Waals surface area contributed by atoms with Gasteiger partial charge in [-0.25, -0.2) is 4.98 Å². The predicted octanol–water partition coefficient (Wildman–Crippen LogP) is 3.61. The van der Waals surface area contributed by atoms with Gasteiger partial charge >= 0.3 is 0 Å². The van der Waals surface area contributed by atoms with Gasteiger partial charge in [0.1, 0.15) is 5.69 Å². The minimum absolute atomic E-state index is 0. The third kappa shape index (κ3) is 3.07. The molecule has 1 aliphatic rings. The number of fused-ring (bicyclic) bond motifs is 1. The van der Waals surface area contributed by atoms with Crippen LogP contribution in [0.15, 0.2) is 36.7 Å². The zero-order chi connectivity index (χ0) is 15.8. The van der Waals surface area contributed by atoms with Crippen LogP contribution in [-0.2, 0) is 13.1 Å². The van der Waals surface area contributed by atoms with E-state index in [1.807, 2.05) is 31.5 Å². The normalized spacial score (nSPS) is 13.9. The molecule has 1 aliphatic heterocycles. The molecule has 0 aliphatic carbocycles. The largest absolute Gasteiger partial charge is 0.311 e. The molecule has 3 heterocycles. The van der Waals surface area contributed by atoms with Crippen LogP contribution in [0.25, 0.3) is 17.2 Å². The average molecular weight is 364 g/mol. The Morgan fingerprint density at radius 1 is 1.25 bits per heavy atom. The number of halogens is 2. The summed E-state index contributed by atoms with van der Waals surface area (Å²) in [5.74, 6) is 0.854. The highest BCUT2D eigenvalue weighted by Crippen LogP contribution is 2.25. The molecule has 126 valence electrons. The Kier molecular flexibility index (Phi) is 4.94. The number of imidazole rings is 1. The Balaban J connectivity index is 0.00000169. The third-order valence-electron chi connectivity index (χ3n) is 4.18. The van der Waals surface area contributed by atoms with Gasteiger partial charge < -0.3 is 5.32 Å². The molecule has 0 spiro atoms. The number of aromatic nitrogens is 4. The van der Waals surface area contributed by atoms with Gasteiger partial charge in [0, 0.05) is 36.2 Å². The third-order valence-corrected chi connectivity index (χ3v) is 4.61. The highest BCUT2D eigenvalue weighted by Gasteiger charge is 2.16. The summed E-state index contributed by atoms with van der Waals surface area (Å²) in [7, 11) is 0. The van der Waals surface area contributed by atoms with Crippen molar-refractivity contribution in [2.45, 2.75) is 26.4 Å². The zero-order valence-corrected chi connectivity index (χ0v) is 14.9. The topological polar surface area (TPSA) is 47.7 Å². The first-order chi connectivity index (χ1) is 11.2. The molecule has 1 aromatic carbocycles. The van der Waals surface area contributed by atoms with E-state index in [-0.39, 0.29) is 12.4 Å². The van der Waals surface area contributed by atoms with E-state index in [0.29, 0.717) is 0 Å². The fraction of sp³-hybridized carbons (Fsp3) is 0.294. The van der Waals surface area contributed by atoms with Gasteiger partial charge in [0.05, 0.1) is 5.69 Å². The fourth-order valence-electron chi connectivity index (χ4n) is 2.95. The monoisotopic (exact) mass is 363 g/mol. The second-order valence-electron chi connectivity index (χ2n) is 5.83. The zero-order valence-electron chi connectivity index (χ0n) is 13.4. The molecule has 4 rings (SSSR count). The van der Waals surface area contributed by atoms with Crippen LogP contribution >= 0.6 is 24.0 Å². The van der Waals surface area contributed by atoms with Gasteiger partial charge in [0.2, 0.25) is 0 Å². The molecule has 0 atom stereocenters. The van der Waals surface area contributed by atoms with Crippen molar-refractivity contribution in [3.8, 4) is 17.2 Å². The van der Waals surface area contributed by atoms with E-state index in [4.69, 9.17) is 16.7 Å². The number of rotatable bonds is 2. The van der Waals surface area contributed by atoms with E-state index in [2.05, 4.69) is 31.7 Å². The lowest BCUT2D eigenvalue weighted by Crippen LogP contribution is -2.11. The van der Waals surface area contributed by atoms with Crippen molar-refractivity contribution in [1.82, 2.24) is 24.6 Å². The Hall–Kier alpha value is -1.82. The predicted molar refractivity (Wildman–Crippen MR) is 98.1 cm³/mol. The van der Waals surface area contributed by atoms with Crippen molar-refractivity contribution < 1.29 is 0 Å². The number of nitrogens with zero attached hydrogens (tertiary/aromatic N) is 4. The summed E-state index contributed by atoms with van der Waals surface area (Å²) in [5.41, 5.74) is 4.20. The smallest absolute Gasteiger partial charge is 0.165 e. The Morgan fingerprint density at radius 2 is 2.12 bits per heavy atom. The summed E-state index contributed by atoms with van der Waals surface area (Å²) in [4.78, 5) is 4.52. The van der Waals surface area contributed by atoms with Gasteiger partial charge in [0.25, 0.3) is 0 Å². The van der Waals surface area contributed by atoms with Crippen LogP contribution in [0.2, 0.25) is 5.02 Å². The molecule has 2 aromatic heterocycles. The highest BCUT2D eigenvalue weighted by molar-refractivity contribution is 6.31. The molecule has 0 unspecified atom stereocenters. The van der Waals surface area contributed by atoms with E-state index >= 15 is 0 Å². The second-order valence-corrected chi connectivity index (χ2v) is 6.24. The summed E-state index contributed by atoms with van der Waals surface area (Å²) in [6, 6.07) is 8.11. The van der Waals surface area contributed by atoms with Crippen LogP contribution < -0.4 is 5.32 Å². The first-order valence-corrected chi connectivity index (χ1v) is 8.18. The molecule has 3 aromatic rings. The Labute approximate surface area is 152 Å². The average Bonchev–Trinajstić information content (AvgIpc) is 3.12. The van der Waals surface area contributed by atoms with Crippen molar-refractivity contribution in [1.29, 1.82) is 0 Å². The standard InChI is InChI=1S/C17H18ClN5.ClH/c1-12-9-13(3-4-15(12)18)22-8-6-20-17(22)16-10-14-11-19-5-2-7-23(14)21-16;/h3-4,6,8-10,19H,2,5,7,11H2,1H3;1H. The van der Waals surface area contributed by atoms with Crippen molar-refractivity contribution in [3.05, 3.63) is 52.9 Å². The summed E-state index contributed by atoms with van der Waals surface area (Å²) in [6.07, 6.45) is 4.86. The maximum Gasteiger partial charge on any atom is 0.165 e. The number of benzene rings is 1. The van der Waals surface area contributed by atoms with E-state index in [9.17, 15) is 0 Å². The minimum atomic E-state index is 0. The van der Waals surface area contributed by atoms with Crippen molar-refractivity contribution in [2.75, 3.05) is 6.54 Å². The van der Waals surface area contributed by atoms with Crippen LogP contribution in [0.5, 0.6) is 0 Å². The number of aryl methyl sites for hydroxylation is 2. The molecule has 24 heavy (non-hydrogen) atoms. The lowest BCUT2D eigenvalue weighted by atomic mass is 10.2. The lowest BCUT2D eigenvalue weighted by molar-refractivity contribution is 0.588. The maximum atomic E-state index is 6.14. The summed E-state index contributed by atoms with van der Waals surface area (Å²) in [6.45, 7) is 4.85. The van der Waals surface area contributed by atoms with Crippen molar-refractivity contribution in [3.63, 3.8) is 0 Å². The van der Waals surface area contributed by atoms with Crippen molar-refractivity contribution in [2.24, 2.45) is 0 Å². The number of hydrogen-bond donors (Lipinski definition) is 1. The molecule has 0 fully saturated rings. The van der Waals surface area contributed by atoms with Crippen LogP contribution in [-0.4, -0.2) is 25.9 Å². The molecule has 5 nitrogen and oxygen atoms in total. The lowest BCUT2D eigenvalue weighted by Gasteiger charge is -2.08. The second kappa shape index (κ2) is 6.97. The molecule has 0 saturated carbocycles. The molecular weight excluding hydrogens is 345 g/mol. The first-order valence-electron chi connectivity index (χ1n) is 7.80. The molecule has 0 amide bonds. The van der Waals surface area contributed by atoms with Gasteiger partial charge in [-0.1, -0.05) is 11.6 Å². The van der Waals surface area contributed by atoms with Gasteiger partial charge in [-0.2, -0.15) is 5.10 Å². The molecule has 0 bridgehead atoms. The molecule has 7 heteroatoms. The van der Waals surface area contributed by atoms with Crippen LogP contribution in [0.1, 0.15) is 17.7 Å². The summed E-state index contributed by atoms with van der Waals surface area (Å²) in [5, 5.41) is 8.94. The quantitative estimate of drug-likeness (QED) is 0.756. The van der Waals surface area contributed by atoms with Gasteiger partial charge in [0.15, 0.2) is 5.82 Å². The molecular formula is C17H19Cl2N5. The van der Waals surface area contributed by atoms with Crippen LogP contribution in [0.3, 0.4) is 0 Å². The van der Waals surface area contributed by atoms with E-state index < -0.39 is 0 Å².